The van der Waals surface area contributed by atoms with Crippen molar-refractivity contribution in [3.8, 4) is 5.75 Å². The minimum atomic E-state index is -0.0360. The van der Waals surface area contributed by atoms with Gasteiger partial charge in [0.2, 0.25) is 0 Å². The normalized spacial score (nSPS) is 26.9. The summed E-state index contributed by atoms with van der Waals surface area (Å²) < 4.78 is 6.26. The lowest BCUT2D eigenvalue weighted by Gasteiger charge is -2.38. The summed E-state index contributed by atoms with van der Waals surface area (Å²) in [6.07, 6.45) is 3.23. The minimum absolute atomic E-state index is 0.0360. The Labute approximate surface area is 126 Å². The van der Waals surface area contributed by atoms with Gasteiger partial charge in [0.25, 0.3) is 0 Å². The second-order valence-corrected chi connectivity index (χ2v) is 6.58. The van der Waals surface area contributed by atoms with Crippen LogP contribution in [-0.4, -0.2) is 43.2 Å². The Kier molecular flexibility index (Phi) is 4.20. The first-order valence-electron chi connectivity index (χ1n) is 7.55. The number of hydrogen-bond donors (Lipinski definition) is 1. The summed E-state index contributed by atoms with van der Waals surface area (Å²) in [5.74, 6) is 1.02. The van der Waals surface area contributed by atoms with E-state index in [0.717, 1.165) is 62.8 Å². The number of hydrogen-bond acceptors (Lipinski definition) is 3. The van der Waals surface area contributed by atoms with Crippen molar-refractivity contribution in [2.45, 2.75) is 31.8 Å². The summed E-state index contributed by atoms with van der Waals surface area (Å²) >= 11 is 6.04. The van der Waals surface area contributed by atoms with Crippen molar-refractivity contribution < 1.29 is 4.74 Å². The zero-order valence-electron chi connectivity index (χ0n) is 12.1. The molecule has 20 heavy (non-hydrogen) atoms. The lowest BCUT2D eigenvalue weighted by molar-refractivity contribution is 0.0432. The van der Waals surface area contributed by atoms with Crippen molar-refractivity contribution in [2.75, 3.05) is 32.7 Å². The van der Waals surface area contributed by atoms with Crippen LogP contribution in [0.3, 0.4) is 0 Å². The molecule has 1 aromatic rings. The Balaban J connectivity index is 1.60. The molecule has 2 heterocycles. The van der Waals surface area contributed by atoms with Crippen molar-refractivity contribution in [3.63, 3.8) is 0 Å². The van der Waals surface area contributed by atoms with Crippen molar-refractivity contribution in [2.24, 2.45) is 0 Å². The van der Waals surface area contributed by atoms with Crippen LogP contribution in [0.1, 0.15) is 25.3 Å². The standard InChI is InChI=1S/C16H23ClN2O/c1-16(6-9-19-10-7-18-8-11-19)5-4-13-12-14(17)2-3-15(13)20-16/h2-3,12,18H,4-11H2,1H3. The number of fused-ring (bicyclic) bond motifs is 1. The van der Waals surface area contributed by atoms with E-state index in [1.807, 2.05) is 18.2 Å². The summed E-state index contributed by atoms with van der Waals surface area (Å²) in [6, 6.07) is 5.97. The summed E-state index contributed by atoms with van der Waals surface area (Å²) in [7, 11) is 0. The van der Waals surface area contributed by atoms with Crippen molar-refractivity contribution >= 4 is 11.6 Å². The van der Waals surface area contributed by atoms with E-state index in [1.54, 1.807) is 0 Å². The van der Waals surface area contributed by atoms with E-state index in [0.29, 0.717) is 0 Å². The number of ether oxygens (including phenoxy) is 1. The van der Waals surface area contributed by atoms with Gasteiger partial charge >= 0.3 is 0 Å². The molecule has 0 aromatic heterocycles. The van der Waals surface area contributed by atoms with Gasteiger partial charge in [0.05, 0.1) is 0 Å². The van der Waals surface area contributed by atoms with Crippen LogP contribution >= 0.6 is 11.6 Å². The number of aryl methyl sites for hydroxylation is 1. The maximum Gasteiger partial charge on any atom is 0.123 e. The monoisotopic (exact) mass is 294 g/mol. The van der Waals surface area contributed by atoms with Gasteiger partial charge < -0.3 is 15.0 Å². The molecule has 1 fully saturated rings. The van der Waals surface area contributed by atoms with Gasteiger partial charge in [-0.25, -0.2) is 0 Å². The zero-order valence-corrected chi connectivity index (χ0v) is 12.9. The predicted octanol–water partition coefficient (Wildman–Crippen LogP) is 2.72. The van der Waals surface area contributed by atoms with Crippen LogP contribution in [-0.2, 0) is 6.42 Å². The van der Waals surface area contributed by atoms with Gasteiger partial charge in [-0.3, -0.25) is 0 Å². The lowest BCUT2D eigenvalue weighted by atomic mass is 9.89. The fourth-order valence-corrected chi connectivity index (χ4v) is 3.26. The van der Waals surface area contributed by atoms with Crippen molar-refractivity contribution in [1.82, 2.24) is 10.2 Å². The topological polar surface area (TPSA) is 24.5 Å². The second-order valence-electron chi connectivity index (χ2n) is 6.15. The second kappa shape index (κ2) is 5.92. The van der Waals surface area contributed by atoms with Gasteiger partial charge in [0, 0.05) is 37.7 Å². The Morgan fingerprint density at radius 2 is 2.15 bits per heavy atom. The highest BCUT2D eigenvalue weighted by atomic mass is 35.5. The molecule has 0 radical (unpaired) electrons. The molecule has 110 valence electrons. The van der Waals surface area contributed by atoms with Gasteiger partial charge in [-0.15, -0.1) is 0 Å². The molecule has 0 spiro atoms. The molecule has 0 saturated carbocycles. The molecule has 1 aromatic carbocycles. The van der Waals surface area contributed by atoms with Crippen molar-refractivity contribution in [1.29, 1.82) is 0 Å². The lowest BCUT2D eigenvalue weighted by Crippen LogP contribution is -2.46. The van der Waals surface area contributed by atoms with Crippen LogP contribution in [0.25, 0.3) is 0 Å². The molecule has 2 aliphatic rings. The van der Waals surface area contributed by atoms with Gasteiger partial charge in [-0.2, -0.15) is 0 Å². The zero-order chi connectivity index (χ0) is 14.0. The Hall–Kier alpha value is -0.770. The number of halogens is 1. The molecule has 3 nitrogen and oxygen atoms in total. The molecular weight excluding hydrogens is 272 g/mol. The SMILES string of the molecule is CC1(CCN2CCNCC2)CCc2cc(Cl)ccc2O1. The Morgan fingerprint density at radius 3 is 2.95 bits per heavy atom. The van der Waals surface area contributed by atoms with E-state index in [-0.39, 0.29) is 5.60 Å². The third kappa shape index (κ3) is 3.27. The molecule has 2 aliphatic heterocycles. The van der Waals surface area contributed by atoms with E-state index in [2.05, 4.69) is 17.1 Å². The first kappa shape index (κ1) is 14.2. The van der Waals surface area contributed by atoms with Gasteiger partial charge in [-0.1, -0.05) is 11.6 Å². The van der Waals surface area contributed by atoms with E-state index in [9.17, 15) is 0 Å². The number of rotatable bonds is 3. The summed E-state index contributed by atoms with van der Waals surface area (Å²) in [6.45, 7) is 7.90. The van der Waals surface area contributed by atoms with Gasteiger partial charge in [-0.05, 0) is 49.9 Å². The minimum Gasteiger partial charge on any atom is -0.487 e. The largest absolute Gasteiger partial charge is 0.487 e. The van der Waals surface area contributed by atoms with E-state index < -0.39 is 0 Å². The molecule has 3 rings (SSSR count). The Bertz CT molecular complexity index is 474. The van der Waals surface area contributed by atoms with Crippen LogP contribution in [0.15, 0.2) is 18.2 Å². The fourth-order valence-electron chi connectivity index (χ4n) is 3.06. The molecule has 1 saturated heterocycles. The molecule has 0 aliphatic carbocycles. The average molecular weight is 295 g/mol. The van der Waals surface area contributed by atoms with Gasteiger partial charge in [0.15, 0.2) is 0 Å². The van der Waals surface area contributed by atoms with Crippen LogP contribution < -0.4 is 10.1 Å². The third-order valence-electron chi connectivity index (χ3n) is 4.47. The number of nitrogens with one attached hydrogen (secondary N) is 1. The molecule has 0 amide bonds. The first-order valence-corrected chi connectivity index (χ1v) is 7.93. The summed E-state index contributed by atoms with van der Waals surface area (Å²) in [5, 5.41) is 4.20. The number of benzene rings is 1. The van der Waals surface area contributed by atoms with E-state index in [4.69, 9.17) is 16.3 Å². The fraction of sp³-hybridized carbons (Fsp3) is 0.625. The first-order chi connectivity index (χ1) is 9.65. The third-order valence-corrected chi connectivity index (χ3v) is 4.70. The van der Waals surface area contributed by atoms with Crippen LogP contribution in [0.2, 0.25) is 5.02 Å². The predicted molar refractivity (Wildman–Crippen MR) is 82.7 cm³/mol. The summed E-state index contributed by atoms with van der Waals surface area (Å²) in [4.78, 5) is 2.53. The quantitative estimate of drug-likeness (QED) is 0.928. The number of piperazine rings is 1. The Morgan fingerprint density at radius 1 is 1.35 bits per heavy atom. The molecule has 1 N–H and O–H groups in total. The maximum atomic E-state index is 6.26. The van der Waals surface area contributed by atoms with E-state index >= 15 is 0 Å². The molecule has 4 heteroatoms. The van der Waals surface area contributed by atoms with Crippen LogP contribution in [0, 0.1) is 0 Å². The molecule has 1 atom stereocenters. The van der Waals surface area contributed by atoms with Crippen molar-refractivity contribution in [3.05, 3.63) is 28.8 Å². The highest BCUT2D eigenvalue weighted by Gasteiger charge is 2.32. The highest BCUT2D eigenvalue weighted by molar-refractivity contribution is 6.30. The number of nitrogens with zero attached hydrogens (tertiary/aromatic N) is 1. The molecule has 1 unspecified atom stereocenters. The van der Waals surface area contributed by atoms with Gasteiger partial charge in [0.1, 0.15) is 11.4 Å². The smallest absolute Gasteiger partial charge is 0.123 e. The average Bonchev–Trinajstić information content (AvgIpc) is 2.47. The molecule has 0 bridgehead atoms. The van der Waals surface area contributed by atoms with Crippen LogP contribution in [0.4, 0.5) is 0 Å². The summed E-state index contributed by atoms with van der Waals surface area (Å²) in [5.41, 5.74) is 1.21. The van der Waals surface area contributed by atoms with E-state index in [1.165, 1.54) is 5.56 Å². The maximum absolute atomic E-state index is 6.26. The van der Waals surface area contributed by atoms with Crippen LogP contribution in [0.5, 0.6) is 5.75 Å². The highest BCUT2D eigenvalue weighted by Crippen LogP contribution is 2.36. The molecular formula is C16H23ClN2O.